The lowest BCUT2D eigenvalue weighted by Crippen LogP contribution is -2.31. The van der Waals surface area contributed by atoms with Crippen molar-refractivity contribution in [3.8, 4) is 11.4 Å². The average Bonchev–Trinajstić information content (AvgIpc) is 3.31. The van der Waals surface area contributed by atoms with E-state index in [2.05, 4.69) is 26.1 Å². The van der Waals surface area contributed by atoms with Gasteiger partial charge in [-0.25, -0.2) is 0 Å². The number of rotatable bonds is 3. The lowest BCUT2D eigenvalue weighted by atomic mass is 10.1. The molecule has 2 aromatic carbocycles. The summed E-state index contributed by atoms with van der Waals surface area (Å²) in [5.41, 5.74) is 1.27. The number of hydrogen-bond donors (Lipinski definition) is 0. The minimum Gasteiger partial charge on any atom is -0.337 e. The van der Waals surface area contributed by atoms with Crippen molar-refractivity contribution < 1.29 is 9.32 Å². The maximum atomic E-state index is 13.0. The summed E-state index contributed by atoms with van der Waals surface area (Å²) in [6.07, 6.45) is 1.62. The van der Waals surface area contributed by atoms with Crippen LogP contribution in [0.5, 0.6) is 0 Å². The highest BCUT2D eigenvalue weighted by Crippen LogP contribution is 2.34. The van der Waals surface area contributed by atoms with Crippen LogP contribution >= 0.6 is 39.1 Å². The molecule has 27 heavy (non-hydrogen) atoms. The Morgan fingerprint density at radius 2 is 1.96 bits per heavy atom. The summed E-state index contributed by atoms with van der Waals surface area (Å²) in [5, 5.41) is 4.90. The molecule has 3 aromatic rings. The first-order valence-electron chi connectivity index (χ1n) is 8.38. The monoisotopic (exact) mass is 465 g/mol. The molecule has 1 amide bonds. The van der Waals surface area contributed by atoms with Gasteiger partial charge in [-0.3, -0.25) is 4.79 Å². The first kappa shape index (κ1) is 18.5. The van der Waals surface area contributed by atoms with E-state index in [0.717, 1.165) is 22.9 Å². The maximum absolute atomic E-state index is 13.0. The van der Waals surface area contributed by atoms with Crippen LogP contribution < -0.4 is 0 Å². The smallest absolute Gasteiger partial charge is 0.256 e. The van der Waals surface area contributed by atoms with Crippen molar-refractivity contribution in [1.29, 1.82) is 0 Å². The molecule has 0 N–H and O–H groups in total. The fraction of sp³-hybridized carbons (Fsp3) is 0.211. The van der Waals surface area contributed by atoms with E-state index < -0.39 is 0 Å². The molecule has 1 unspecified atom stereocenters. The number of nitrogens with zero attached hydrogens (tertiary/aromatic N) is 3. The Morgan fingerprint density at radius 1 is 1.19 bits per heavy atom. The van der Waals surface area contributed by atoms with Gasteiger partial charge < -0.3 is 9.42 Å². The Kier molecular flexibility index (Phi) is 5.21. The molecule has 0 aliphatic carbocycles. The number of likely N-dealkylation sites (tertiary alicyclic amines) is 1. The summed E-state index contributed by atoms with van der Waals surface area (Å²) in [5.74, 6) is 0.771. The van der Waals surface area contributed by atoms with Crippen molar-refractivity contribution >= 4 is 45.0 Å². The molecular weight excluding hydrogens is 453 g/mol. The largest absolute Gasteiger partial charge is 0.337 e. The Morgan fingerprint density at radius 3 is 2.70 bits per heavy atom. The second-order valence-corrected chi connectivity index (χ2v) is 8.00. The van der Waals surface area contributed by atoms with Crippen LogP contribution in [-0.4, -0.2) is 27.5 Å². The van der Waals surface area contributed by atoms with Crippen molar-refractivity contribution in [3.05, 3.63) is 68.4 Å². The highest BCUT2D eigenvalue weighted by atomic mass is 79.9. The molecule has 1 aromatic heterocycles. The van der Waals surface area contributed by atoms with Crippen LogP contribution in [0.15, 0.2) is 51.5 Å². The summed E-state index contributed by atoms with van der Waals surface area (Å²) in [4.78, 5) is 19.2. The van der Waals surface area contributed by atoms with Crippen LogP contribution in [0.25, 0.3) is 11.4 Å². The molecule has 2 heterocycles. The van der Waals surface area contributed by atoms with Crippen molar-refractivity contribution in [2.45, 2.75) is 18.9 Å². The van der Waals surface area contributed by atoms with Gasteiger partial charge in [-0.1, -0.05) is 44.3 Å². The minimum atomic E-state index is -0.263. The maximum Gasteiger partial charge on any atom is 0.256 e. The highest BCUT2D eigenvalue weighted by Gasteiger charge is 2.35. The summed E-state index contributed by atoms with van der Waals surface area (Å²) >= 11 is 15.5. The first-order chi connectivity index (χ1) is 13.0. The molecule has 8 heteroatoms. The second kappa shape index (κ2) is 7.62. The van der Waals surface area contributed by atoms with E-state index in [1.54, 1.807) is 23.1 Å². The molecule has 1 atom stereocenters. The predicted octanol–water partition coefficient (Wildman–Crippen LogP) is 5.78. The molecule has 1 saturated heterocycles. The molecule has 1 fully saturated rings. The van der Waals surface area contributed by atoms with E-state index in [9.17, 15) is 4.79 Å². The number of halogens is 3. The summed E-state index contributed by atoms with van der Waals surface area (Å²) in [6, 6.07) is 12.3. The van der Waals surface area contributed by atoms with E-state index in [4.69, 9.17) is 27.7 Å². The minimum absolute atomic E-state index is 0.164. The Hall–Kier alpha value is -1.89. The molecule has 0 radical (unpaired) electrons. The molecule has 4 rings (SSSR count). The van der Waals surface area contributed by atoms with Gasteiger partial charge in [0.2, 0.25) is 11.7 Å². The quantitative estimate of drug-likeness (QED) is 0.490. The van der Waals surface area contributed by atoms with Crippen molar-refractivity contribution in [2.75, 3.05) is 6.54 Å². The van der Waals surface area contributed by atoms with Gasteiger partial charge in [-0.05, 0) is 55.3 Å². The van der Waals surface area contributed by atoms with Gasteiger partial charge in [0.05, 0.1) is 10.6 Å². The van der Waals surface area contributed by atoms with Gasteiger partial charge in [0, 0.05) is 21.6 Å². The number of amides is 1. The summed E-state index contributed by atoms with van der Waals surface area (Å²) < 4.78 is 6.45. The van der Waals surface area contributed by atoms with Gasteiger partial charge in [0.1, 0.15) is 6.04 Å². The third-order valence-electron chi connectivity index (χ3n) is 4.50. The zero-order valence-corrected chi connectivity index (χ0v) is 17.1. The van der Waals surface area contributed by atoms with Crippen molar-refractivity contribution in [3.63, 3.8) is 0 Å². The zero-order chi connectivity index (χ0) is 19.0. The lowest BCUT2D eigenvalue weighted by Gasteiger charge is -2.22. The predicted molar refractivity (Wildman–Crippen MR) is 107 cm³/mol. The average molecular weight is 467 g/mol. The number of hydrogen-bond acceptors (Lipinski definition) is 4. The molecule has 138 valence electrons. The fourth-order valence-electron chi connectivity index (χ4n) is 3.17. The highest BCUT2D eigenvalue weighted by molar-refractivity contribution is 9.10. The lowest BCUT2D eigenvalue weighted by molar-refractivity contribution is 0.0710. The van der Waals surface area contributed by atoms with Gasteiger partial charge in [-0.2, -0.15) is 4.98 Å². The zero-order valence-electron chi connectivity index (χ0n) is 14.0. The number of carbonyl (C=O) groups is 1. The molecule has 1 aliphatic heterocycles. The second-order valence-electron chi connectivity index (χ2n) is 6.24. The molecule has 0 spiro atoms. The van der Waals surface area contributed by atoms with Gasteiger partial charge >= 0.3 is 0 Å². The fourth-order valence-corrected chi connectivity index (χ4v) is 3.92. The van der Waals surface area contributed by atoms with Gasteiger partial charge in [-0.15, -0.1) is 0 Å². The van der Waals surface area contributed by atoms with E-state index >= 15 is 0 Å². The molecule has 0 saturated carbocycles. The van der Waals surface area contributed by atoms with Crippen LogP contribution in [-0.2, 0) is 0 Å². The molecular formula is C19H14BrCl2N3O2. The van der Waals surface area contributed by atoms with E-state index in [0.29, 0.717) is 33.9 Å². The Balaban J connectivity index is 1.60. The van der Waals surface area contributed by atoms with E-state index in [-0.39, 0.29) is 11.9 Å². The number of aromatic nitrogens is 2. The Bertz CT molecular complexity index is 991. The SMILES string of the molecule is O=C(c1ccc(Cl)cc1Cl)N1CCCC1c1nc(-c2ccc(Br)cc2)no1. The number of carbonyl (C=O) groups excluding carboxylic acids is 1. The standard InChI is InChI=1S/C19H14BrCl2N3O2/c20-12-5-3-11(4-6-12)17-23-18(27-24-17)16-2-1-9-25(16)19(26)14-8-7-13(21)10-15(14)22/h3-8,10,16H,1-2,9H2. The van der Waals surface area contributed by atoms with E-state index in [1.165, 1.54) is 0 Å². The van der Waals surface area contributed by atoms with Crippen LogP contribution in [0.3, 0.4) is 0 Å². The Labute approximate surface area is 174 Å². The summed E-state index contributed by atoms with van der Waals surface area (Å²) in [6.45, 7) is 0.610. The molecule has 1 aliphatic rings. The number of benzene rings is 2. The first-order valence-corrected chi connectivity index (χ1v) is 9.93. The van der Waals surface area contributed by atoms with Gasteiger partial charge in [0.15, 0.2) is 0 Å². The van der Waals surface area contributed by atoms with Crippen molar-refractivity contribution in [1.82, 2.24) is 15.0 Å². The van der Waals surface area contributed by atoms with E-state index in [1.807, 2.05) is 24.3 Å². The van der Waals surface area contributed by atoms with Crippen LogP contribution in [0.4, 0.5) is 0 Å². The third kappa shape index (κ3) is 3.74. The molecule has 0 bridgehead atoms. The van der Waals surface area contributed by atoms with Crippen molar-refractivity contribution in [2.24, 2.45) is 0 Å². The summed E-state index contributed by atoms with van der Waals surface area (Å²) in [7, 11) is 0. The van der Waals surface area contributed by atoms with Crippen LogP contribution in [0.1, 0.15) is 35.1 Å². The normalized spacial score (nSPS) is 16.7. The van der Waals surface area contributed by atoms with Crippen LogP contribution in [0, 0.1) is 0 Å². The third-order valence-corrected chi connectivity index (χ3v) is 5.58. The molecule has 5 nitrogen and oxygen atoms in total. The van der Waals surface area contributed by atoms with Crippen LogP contribution in [0.2, 0.25) is 10.0 Å². The topological polar surface area (TPSA) is 59.2 Å². The van der Waals surface area contributed by atoms with Gasteiger partial charge in [0.25, 0.3) is 5.91 Å².